The molecule has 1 aliphatic heterocycles. The normalized spacial score (nSPS) is 25.9. The smallest absolute Gasteiger partial charge is 0.0320 e. The Kier molecular flexibility index (Phi) is 5.93. The summed E-state index contributed by atoms with van der Waals surface area (Å²) in [5.41, 5.74) is 1.40. The number of benzene rings is 1. The number of halogens is 1. The minimum Gasteiger partial charge on any atom is -0.316 e. The van der Waals surface area contributed by atoms with Gasteiger partial charge >= 0.3 is 0 Å². The van der Waals surface area contributed by atoms with Gasteiger partial charge in [0.1, 0.15) is 0 Å². The molecule has 2 rings (SSSR count). The molecule has 0 saturated carbocycles. The van der Waals surface area contributed by atoms with Gasteiger partial charge < -0.3 is 5.32 Å². The first-order valence-corrected chi connectivity index (χ1v) is 9.25. The van der Waals surface area contributed by atoms with Crippen LogP contribution in [0.25, 0.3) is 0 Å². The predicted molar refractivity (Wildman–Crippen MR) is 88.9 cm³/mol. The molecule has 0 aliphatic carbocycles. The van der Waals surface area contributed by atoms with Gasteiger partial charge in [-0.05, 0) is 25.1 Å². The Hall–Kier alpha value is 0.360. The van der Waals surface area contributed by atoms with Crippen LogP contribution in [0, 0.1) is 0 Å². The molecule has 1 saturated heterocycles. The van der Waals surface area contributed by atoms with E-state index in [4.69, 9.17) is 0 Å². The lowest BCUT2D eigenvalue weighted by atomic mass is 10.0. The summed E-state index contributed by atoms with van der Waals surface area (Å²) in [5, 5.41) is 4.97. The van der Waals surface area contributed by atoms with Gasteiger partial charge in [-0.25, -0.2) is 0 Å². The second-order valence-electron chi connectivity index (χ2n) is 4.60. The first-order chi connectivity index (χ1) is 8.72. The Morgan fingerprint density at radius 1 is 1.33 bits per heavy atom. The molecule has 100 valence electrons. The summed E-state index contributed by atoms with van der Waals surface area (Å²) < 4.78 is 1.23. The lowest BCUT2D eigenvalue weighted by Gasteiger charge is -2.34. The third-order valence-electron chi connectivity index (χ3n) is 3.40. The van der Waals surface area contributed by atoms with Crippen molar-refractivity contribution in [3.8, 4) is 0 Å². The molecular weight excluding hydrogens is 326 g/mol. The average molecular weight is 346 g/mol. The third-order valence-corrected chi connectivity index (χ3v) is 7.43. The number of rotatable bonds is 4. The van der Waals surface area contributed by atoms with Crippen molar-refractivity contribution in [2.75, 3.05) is 18.6 Å². The monoisotopic (exact) mass is 345 g/mol. The Morgan fingerprint density at radius 2 is 2.06 bits per heavy atom. The highest BCUT2D eigenvalue weighted by Gasteiger charge is 2.29. The zero-order chi connectivity index (χ0) is 13.0. The molecule has 1 aromatic rings. The Morgan fingerprint density at radius 3 is 2.72 bits per heavy atom. The number of hydrogen-bond acceptors (Lipinski definition) is 3. The number of likely N-dealkylation sites (N-methyl/N-ethyl adjacent to an activating group) is 1. The molecule has 0 radical (unpaired) electrons. The lowest BCUT2D eigenvalue weighted by molar-refractivity contribution is 0.530. The van der Waals surface area contributed by atoms with E-state index < -0.39 is 0 Å². The SMILES string of the molecule is CNC(Cc1ccccc1Br)C1SCCSC1C. The van der Waals surface area contributed by atoms with Crippen molar-refractivity contribution in [1.29, 1.82) is 0 Å². The van der Waals surface area contributed by atoms with Crippen LogP contribution >= 0.6 is 39.5 Å². The lowest BCUT2D eigenvalue weighted by Crippen LogP contribution is -2.44. The second kappa shape index (κ2) is 7.22. The molecule has 0 spiro atoms. The number of hydrogen-bond donors (Lipinski definition) is 1. The summed E-state index contributed by atoms with van der Waals surface area (Å²) in [5.74, 6) is 2.58. The average Bonchev–Trinajstić information content (AvgIpc) is 2.39. The molecule has 1 aliphatic rings. The molecule has 1 fully saturated rings. The topological polar surface area (TPSA) is 12.0 Å². The van der Waals surface area contributed by atoms with Crippen LogP contribution in [0.2, 0.25) is 0 Å². The summed E-state index contributed by atoms with van der Waals surface area (Å²) in [4.78, 5) is 0. The summed E-state index contributed by atoms with van der Waals surface area (Å²) in [6.45, 7) is 2.37. The first-order valence-electron chi connectivity index (χ1n) is 6.36. The third kappa shape index (κ3) is 3.69. The van der Waals surface area contributed by atoms with Gasteiger partial charge in [0.15, 0.2) is 0 Å². The fourth-order valence-corrected chi connectivity index (χ4v) is 5.82. The van der Waals surface area contributed by atoms with Gasteiger partial charge in [-0.15, -0.1) is 0 Å². The number of thioether (sulfide) groups is 2. The van der Waals surface area contributed by atoms with Gasteiger partial charge in [0.25, 0.3) is 0 Å². The van der Waals surface area contributed by atoms with Crippen molar-refractivity contribution < 1.29 is 0 Å². The molecular formula is C14H20BrNS2. The maximum atomic E-state index is 3.65. The zero-order valence-electron chi connectivity index (χ0n) is 10.9. The van der Waals surface area contributed by atoms with Crippen LogP contribution in [-0.2, 0) is 6.42 Å². The minimum atomic E-state index is 0.552. The molecule has 0 amide bonds. The first kappa shape index (κ1) is 14.8. The molecule has 1 heterocycles. The standard InChI is InChI=1S/C14H20BrNS2/c1-10-14(18-8-7-17-10)13(16-2)9-11-5-3-4-6-12(11)15/h3-6,10,13-14,16H,7-9H2,1-2H3. The molecule has 1 aromatic carbocycles. The van der Waals surface area contributed by atoms with E-state index in [1.165, 1.54) is 21.5 Å². The van der Waals surface area contributed by atoms with Crippen molar-refractivity contribution in [3.05, 3.63) is 34.3 Å². The van der Waals surface area contributed by atoms with E-state index >= 15 is 0 Å². The molecule has 4 heteroatoms. The molecule has 0 aromatic heterocycles. The fraction of sp³-hybridized carbons (Fsp3) is 0.571. The molecule has 18 heavy (non-hydrogen) atoms. The Labute approximate surface area is 127 Å². The number of nitrogens with one attached hydrogen (secondary N) is 1. The zero-order valence-corrected chi connectivity index (χ0v) is 14.1. The van der Waals surface area contributed by atoms with E-state index in [-0.39, 0.29) is 0 Å². The van der Waals surface area contributed by atoms with Crippen LogP contribution in [0.3, 0.4) is 0 Å². The summed E-state index contributed by atoms with van der Waals surface area (Å²) >= 11 is 7.90. The highest BCUT2D eigenvalue weighted by molar-refractivity contribution is 9.10. The minimum absolute atomic E-state index is 0.552. The predicted octanol–water partition coefficient (Wildman–Crippen LogP) is 3.82. The summed E-state index contributed by atoms with van der Waals surface area (Å²) in [6, 6.07) is 9.11. The van der Waals surface area contributed by atoms with Gasteiger partial charge in [0.05, 0.1) is 0 Å². The Balaban J connectivity index is 2.07. The Bertz CT molecular complexity index is 386. The van der Waals surface area contributed by atoms with E-state index in [9.17, 15) is 0 Å². The van der Waals surface area contributed by atoms with Crippen LogP contribution in [0.4, 0.5) is 0 Å². The van der Waals surface area contributed by atoms with Crippen LogP contribution in [-0.4, -0.2) is 35.1 Å². The van der Waals surface area contributed by atoms with E-state index in [1.54, 1.807) is 0 Å². The largest absolute Gasteiger partial charge is 0.316 e. The van der Waals surface area contributed by atoms with E-state index in [2.05, 4.69) is 83.0 Å². The highest BCUT2D eigenvalue weighted by Crippen LogP contribution is 2.34. The van der Waals surface area contributed by atoms with E-state index in [0.29, 0.717) is 11.3 Å². The second-order valence-corrected chi connectivity index (χ2v) is 8.23. The van der Waals surface area contributed by atoms with Gasteiger partial charge in [0, 0.05) is 32.5 Å². The van der Waals surface area contributed by atoms with Crippen LogP contribution in [0.1, 0.15) is 12.5 Å². The maximum Gasteiger partial charge on any atom is 0.0320 e. The summed E-state index contributed by atoms with van der Waals surface area (Å²) in [6.07, 6.45) is 1.10. The van der Waals surface area contributed by atoms with Crippen molar-refractivity contribution in [3.63, 3.8) is 0 Å². The van der Waals surface area contributed by atoms with Crippen molar-refractivity contribution in [1.82, 2.24) is 5.32 Å². The molecule has 0 bridgehead atoms. The molecule has 1 N–H and O–H groups in total. The fourth-order valence-electron chi connectivity index (χ4n) is 2.38. The highest BCUT2D eigenvalue weighted by atomic mass is 79.9. The van der Waals surface area contributed by atoms with Gasteiger partial charge in [0.2, 0.25) is 0 Å². The van der Waals surface area contributed by atoms with Crippen LogP contribution in [0.15, 0.2) is 28.7 Å². The van der Waals surface area contributed by atoms with Crippen molar-refractivity contribution >= 4 is 39.5 Å². The summed E-state index contributed by atoms with van der Waals surface area (Å²) in [7, 11) is 2.09. The maximum absolute atomic E-state index is 3.65. The van der Waals surface area contributed by atoms with E-state index in [1.807, 2.05) is 0 Å². The van der Waals surface area contributed by atoms with Gasteiger partial charge in [-0.3, -0.25) is 0 Å². The molecule has 3 atom stereocenters. The van der Waals surface area contributed by atoms with Crippen molar-refractivity contribution in [2.45, 2.75) is 29.9 Å². The van der Waals surface area contributed by atoms with Crippen LogP contribution < -0.4 is 5.32 Å². The van der Waals surface area contributed by atoms with E-state index in [0.717, 1.165) is 11.7 Å². The quantitative estimate of drug-likeness (QED) is 0.890. The van der Waals surface area contributed by atoms with Crippen molar-refractivity contribution in [2.24, 2.45) is 0 Å². The molecule has 1 nitrogen and oxygen atoms in total. The molecule has 3 unspecified atom stereocenters. The van der Waals surface area contributed by atoms with Crippen LogP contribution in [0.5, 0.6) is 0 Å². The van der Waals surface area contributed by atoms with Gasteiger partial charge in [-0.1, -0.05) is 41.1 Å². The van der Waals surface area contributed by atoms with Gasteiger partial charge in [-0.2, -0.15) is 23.5 Å².